The predicted octanol–water partition coefficient (Wildman–Crippen LogP) is 1.52. The van der Waals surface area contributed by atoms with Gasteiger partial charge in [0.1, 0.15) is 5.82 Å². The highest BCUT2D eigenvalue weighted by atomic mass is 32.2. The van der Waals surface area contributed by atoms with Crippen LogP contribution in [0, 0.1) is 22.7 Å². The van der Waals surface area contributed by atoms with Gasteiger partial charge in [0.2, 0.25) is 12.7 Å². The van der Waals surface area contributed by atoms with Crippen molar-refractivity contribution in [2.75, 3.05) is 12.5 Å². The Kier molecular flexibility index (Phi) is 3.15. The third-order valence-electron chi connectivity index (χ3n) is 4.08. The molecule has 1 aromatic carbocycles. The lowest BCUT2D eigenvalue weighted by atomic mass is 9.83. The quantitative estimate of drug-likeness (QED) is 0.826. The fraction of sp³-hybridized carbons (Fsp3) is 0.188. The van der Waals surface area contributed by atoms with Crippen LogP contribution >= 0.6 is 11.8 Å². The van der Waals surface area contributed by atoms with Gasteiger partial charge in [0.25, 0.3) is 0 Å². The van der Waals surface area contributed by atoms with Gasteiger partial charge in [-0.15, -0.1) is 0 Å². The number of hydrogen-bond acceptors (Lipinski definition) is 7. The maximum absolute atomic E-state index is 12.0. The maximum Gasteiger partial charge on any atom is 0.243 e. The van der Waals surface area contributed by atoms with E-state index < -0.39 is 5.92 Å². The Hall–Kier alpha value is -3.10. The van der Waals surface area contributed by atoms with Crippen LogP contribution in [0.2, 0.25) is 0 Å². The number of benzene rings is 1. The molecule has 1 saturated heterocycles. The smallest absolute Gasteiger partial charge is 0.243 e. The van der Waals surface area contributed by atoms with Gasteiger partial charge in [0, 0.05) is 0 Å². The largest absolute Gasteiger partial charge is 0.454 e. The molecule has 8 heteroatoms. The van der Waals surface area contributed by atoms with Gasteiger partial charge in [0.15, 0.2) is 11.5 Å². The molecule has 118 valence electrons. The van der Waals surface area contributed by atoms with Crippen molar-refractivity contribution in [1.82, 2.24) is 4.90 Å². The fourth-order valence-electron chi connectivity index (χ4n) is 3.01. The summed E-state index contributed by atoms with van der Waals surface area (Å²) in [6, 6.07) is 9.47. The SMILES string of the molecule is N#CC1=C(N)N2C(=O)CSC2=C(C#N)C1c1ccc2c(c1)OCO2. The maximum atomic E-state index is 12.0. The number of nitriles is 2. The Labute approximate surface area is 141 Å². The second-order valence-corrected chi connectivity index (χ2v) is 6.27. The number of carbonyl (C=O) groups is 1. The zero-order valence-corrected chi connectivity index (χ0v) is 13.1. The first-order valence-corrected chi connectivity index (χ1v) is 8.03. The summed E-state index contributed by atoms with van der Waals surface area (Å²) in [5.74, 6) is 0.611. The summed E-state index contributed by atoms with van der Waals surface area (Å²) in [4.78, 5) is 13.3. The summed E-state index contributed by atoms with van der Waals surface area (Å²) in [5.41, 5.74) is 7.30. The molecule has 3 aliphatic rings. The number of ether oxygens (including phenoxy) is 2. The number of fused-ring (bicyclic) bond motifs is 2. The highest BCUT2D eigenvalue weighted by Gasteiger charge is 2.42. The van der Waals surface area contributed by atoms with Gasteiger partial charge in [-0.2, -0.15) is 10.5 Å². The molecule has 24 heavy (non-hydrogen) atoms. The Bertz CT molecular complexity index is 922. The Morgan fingerprint density at radius 2 is 1.96 bits per heavy atom. The molecule has 1 aromatic rings. The van der Waals surface area contributed by atoms with Gasteiger partial charge in [-0.3, -0.25) is 9.69 Å². The summed E-state index contributed by atoms with van der Waals surface area (Å²) < 4.78 is 10.7. The summed E-state index contributed by atoms with van der Waals surface area (Å²) in [7, 11) is 0. The van der Waals surface area contributed by atoms with Crippen LogP contribution in [0.1, 0.15) is 11.5 Å². The van der Waals surface area contributed by atoms with E-state index in [1.54, 1.807) is 18.2 Å². The molecule has 3 heterocycles. The van der Waals surface area contributed by atoms with Crippen LogP contribution in [-0.4, -0.2) is 23.4 Å². The molecule has 1 atom stereocenters. The number of hydrogen-bond donors (Lipinski definition) is 1. The van der Waals surface area contributed by atoms with Gasteiger partial charge < -0.3 is 15.2 Å². The minimum atomic E-state index is -0.626. The number of thioether (sulfide) groups is 1. The van der Waals surface area contributed by atoms with Gasteiger partial charge in [-0.1, -0.05) is 17.8 Å². The number of nitrogens with two attached hydrogens (primary N) is 1. The van der Waals surface area contributed by atoms with Crippen molar-refractivity contribution in [3.05, 3.63) is 45.8 Å². The average molecular weight is 338 g/mol. The lowest BCUT2D eigenvalue weighted by Gasteiger charge is -2.29. The van der Waals surface area contributed by atoms with Crippen molar-refractivity contribution < 1.29 is 14.3 Å². The van der Waals surface area contributed by atoms with Crippen LogP contribution in [0.15, 0.2) is 40.2 Å². The van der Waals surface area contributed by atoms with Gasteiger partial charge >= 0.3 is 0 Å². The molecular formula is C16H10N4O3S. The standard InChI is InChI=1S/C16H10N4O3S/c17-4-9-14(8-1-2-11-12(3-8)23-7-22-11)10(5-18)16-20(15(9)19)13(21)6-24-16/h1-3,14H,6-7,19H2. The normalized spacial score (nSPS) is 21.7. The molecule has 7 nitrogen and oxygen atoms in total. The summed E-state index contributed by atoms with van der Waals surface area (Å²) in [5, 5.41) is 19.7. The summed E-state index contributed by atoms with van der Waals surface area (Å²) in [6.45, 7) is 0.136. The van der Waals surface area contributed by atoms with E-state index >= 15 is 0 Å². The second kappa shape index (κ2) is 5.22. The molecule has 1 amide bonds. The van der Waals surface area contributed by atoms with E-state index in [-0.39, 0.29) is 29.8 Å². The van der Waals surface area contributed by atoms with Gasteiger partial charge in [-0.05, 0) is 17.7 Å². The van der Waals surface area contributed by atoms with Gasteiger partial charge in [-0.25, -0.2) is 0 Å². The van der Waals surface area contributed by atoms with E-state index in [0.29, 0.717) is 27.7 Å². The molecule has 0 radical (unpaired) electrons. The third-order valence-corrected chi connectivity index (χ3v) is 5.15. The third kappa shape index (κ3) is 1.87. The highest BCUT2D eigenvalue weighted by molar-refractivity contribution is 8.04. The highest BCUT2D eigenvalue weighted by Crippen LogP contribution is 2.47. The Morgan fingerprint density at radius 1 is 1.21 bits per heavy atom. The molecule has 4 rings (SSSR count). The number of carbonyl (C=O) groups excluding carboxylic acids is 1. The topological polar surface area (TPSA) is 112 Å². The number of allylic oxidation sites excluding steroid dienone is 2. The van der Waals surface area contributed by atoms with E-state index in [9.17, 15) is 15.3 Å². The fourth-order valence-corrected chi connectivity index (χ4v) is 4.05. The number of amides is 1. The zero-order chi connectivity index (χ0) is 16.8. The molecule has 0 saturated carbocycles. The Balaban J connectivity index is 1.91. The monoisotopic (exact) mass is 338 g/mol. The van der Waals surface area contributed by atoms with Crippen molar-refractivity contribution in [3.8, 4) is 23.6 Å². The molecule has 0 spiro atoms. The first-order valence-electron chi connectivity index (χ1n) is 7.05. The van der Waals surface area contributed by atoms with E-state index in [1.165, 1.54) is 16.7 Å². The molecule has 1 unspecified atom stereocenters. The van der Waals surface area contributed by atoms with Crippen molar-refractivity contribution in [2.24, 2.45) is 5.73 Å². The molecule has 1 fully saturated rings. The van der Waals surface area contributed by atoms with E-state index in [2.05, 4.69) is 12.1 Å². The van der Waals surface area contributed by atoms with Crippen LogP contribution in [0.4, 0.5) is 0 Å². The van der Waals surface area contributed by atoms with Crippen molar-refractivity contribution in [2.45, 2.75) is 5.92 Å². The lowest BCUT2D eigenvalue weighted by molar-refractivity contribution is -0.124. The molecule has 0 bridgehead atoms. The predicted molar refractivity (Wildman–Crippen MR) is 84.1 cm³/mol. The van der Waals surface area contributed by atoms with Crippen LogP contribution in [0.3, 0.4) is 0 Å². The molecule has 0 aliphatic carbocycles. The molecule has 0 aromatic heterocycles. The van der Waals surface area contributed by atoms with Crippen LogP contribution in [-0.2, 0) is 4.79 Å². The van der Waals surface area contributed by atoms with Crippen LogP contribution in [0.5, 0.6) is 11.5 Å². The average Bonchev–Trinajstić information content (AvgIpc) is 3.20. The van der Waals surface area contributed by atoms with E-state index in [4.69, 9.17) is 15.2 Å². The number of rotatable bonds is 1. The minimum Gasteiger partial charge on any atom is -0.454 e. The zero-order valence-electron chi connectivity index (χ0n) is 12.3. The second-order valence-electron chi connectivity index (χ2n) is 5.30. The van der Waals surface area contributed by atoms with Crippen molar-refractivity contribution >= 4 is 17.7 Å². The van der Waals surface area contributed by atoms with Gasteiger partial charge in [0.05, 0.1) is 40.0 Å². The van der Waals surface area contributed by atoms with Crippen LogP contribution < -0.4 is 15.2 Å². The molecule has 2 N–H and O–H groups in total. The Morgan fingerprint density at radius 3 is 2.71 bits per heavy atom. The van der Waals surface area contributed by atoms with E-state index in [1.807, 2.05) is 0 Å². The lowest BCUT2D eigenvalue weighted by Crippen LogP contribution is -2.35. The van der Waals surface area contributed by atoms with Crippen molar-refractivity contribution in [3.63, 3.8) is 0 Å². The van der Waals surface area contributed by atoms with E-state index in [0.717, 1.165) is 0 Å². The molecule has 3 aliphatic heterocycles. The minimum absolute atomic E-state index is 0.0872. The number of nitrogens with zero attached hydrogens (tertiary/aromatic N) is 3. The first-order chi connectivity index (χ1) is 11.7. The first kappa shape index (κ1) is 14.5. The summed E-state index contributed by atoms with van der Waals surface area (Å²) >= 11 is 1.26. The molecular weight excluding hydrogens is 328 g/mol. The van der Waals surface area contributed by atoms with Crippen molar-refractivity contribution in [1.29, 1.82) is 10.5 Å². The van der Waals surface area contributed by atoms with Crippen LogP contribution in [0.25, 0.3) is 0 Å². The summed E-state index contributed by atoms with van der Waals surface area (Å²) in [6.07, 6.45) is 0.